The van der Waals surface area contributed by atoms with Gasteiger partial charge in [-0.3, -0.25) is 4.79 Å². The van der Waals surface area contributed by atoms with Crippen molar-refractivity contribution in [3.63, 3.8) is 0 Å². The van der Waals surface area contributed by atoms with Crippen molar-refractivity contribution in [3.8, 4) is 0 Å². The Kier molecular flexibility index (Phi) is 5.24. The average Bonchev–Trinajstić information content (AvgIpc) is 2.52. The average molecular weight is 312 g/mol. The highest BCUT2D eigenvalue weighted by atomic mass is 19.4. The number of nitrogens with zero attached hydrogens (tertiary/aromatic N) is 1. The lowest BCUT2D eigenvalue weighted by Gasteiger charge is -2.32. The molecule has 0 radical (unpaired) electrons. The van der Waals surface area contributed by atoms with Gasteiger partial charge in [0.1, 0.15) is 0 Å². The Labute approximate surface area is 127 Å². The van der Waals surface area contributed by atoms with Gasteiger partial charge in [-0.1, -0.05) is 18.7 Å². The van der Waals surface area contributed by atoms with Gasteiger partial charge in [-0.15, -0.1) is 0 Å². The molecule has 120 valence electrons. The normalized spacial score (nSPS) is 19.0. The van der Waals surface area contributed by atoms with E-state index in [0.29, 0.717) is 13.1 Å². The molecule has 1 aliphatic rings. The predicted octanol–water partition coefficient (Wildman–Crippen LogP) is 2.97. The molecule has 1 saturated heterocycles. The van der Waals surface area contributed by atoms with E-state index in [0.717, 1.165) is 37.1 Å². The minimum atomic E-state index is -4.30. The number of carbonyl (C=O) groups excluding carboxylic acids is 1. The summed E-state index contributed by atoms with van der Waals surface area (Å²) in [6.45, 7) is 5.29. The third kappa shape index (κ3) is 4.34. The van der Waals surface area contributed by atoms with Crippen LogP contribution in [-0.2, 0) is 17.5 Å². The van der Waals surface area contributed by atoms with E-state index in [9.17, 15) is 18.0 Å². The maximum Gasteiger partial charge on any atom is 0.416 e. The smallest absolute Gasteiger partial charge is 0.338 e. The Morgan fingerprint density at radius 1 is 1.36 bits per heavy atom. The van der Waals surface area contributed by atoms with Gasteiger partial charge in [-0.25, -0.2) is 0 Å². The van der Waals surface area contributed by atoms with E-state index in [-0.39, 0.29) is 11.9 Å². The molecule has 0 spiro atoms. The first-order valence-corrected chi connectivity index (χ1v) is 7.21. The van der Waals surface area contributed by atoms with E-state index in [4.69, 9.17) is 0 Å². The van der Waals surface area contributed by atoms with E-state index in [2.05, 4.69) is 11.9 Å². The van der Waals surface area contributed by atoms with Crippen molar-refractivity contribution in [3.05, 3.63) is 48.0 Å². The van der Waals surface area contributed by atoms with Gasteiger partial charge in [0.05, 0.1) is 5.56 Å². The minimum absolute atomic E-state index is 0.0824. The molecule has 1 aromatic carbocycles. The molecule has 22 heavy (non-hydrogen) atoms. The van der Waals surface area contributed by atoms with Gasteiger partial charge >= 0.3 is 6.18 Å². The summed E-state index contributed by atoms with van der Waals surface area (Å²) in [6, 6.07) is 5.29. The van der Waals surface area contributed by atoms with Crippen LogP contribution in [0.1, 0.15) is 24.0 Å². The van der Waals surface area contributed by atoms with Gasteiger partial charge in [-0.2, -0.15) is 13.2 Å². The summed E-state index contributed by atoms with van der Waals surface area (Å²) in [5, 5.41) is 3.30. The molecule has 6 heteroatoms. The molecule has 0 unspecified atom stereocenters. The monoisotopic (exact) mass is 312 g/mol. The van der Waals surface area contributed by atoms with Crippen LogP contribution in [0.5, 0.6) is 0 Å². The van der Waals surface area contributed by atoms with Crippen molar-refractivity contribution in [2.24, 2.45) is 0 Å². The third-order valence-electron chi connectivity index (χ3n) is 3.78. The second kappa shape index (κ2) is 6.96. The molecule has 1 fully saturated rings. The Morgan fingerprint density at radius 2 is 2.05 bits per heavy atom. The number of amides is 1. The molecule has 0 aliphatic carbocycles. The lowest BCUT2D eigenvalue weighted by Crippen LogP contribution is -2.47. The summed E-state index contributed by atoms with van der Waals surface area (Å²) >= 11 is 0. The maximum atomic E-state index is 12.5. The third-order valence-corrected chi connectivity index (χ3v) is 3.78. The van der Waals surface area contributed by atoms with E-state index >= 15 is 0 Å². The summed E-state index contributed by atoms with van der Waals surface area (Å²) in [7, 11) is 0. The number of hydrogen-bond donors (Lipinski definition) is 1. The first-order valence-electron chi connectivity index (χ1n) is 7.21. The van der Waals surface area contributed by atoms with Crippen LogP contribution in [0.2, 0.25) is 0 Å². The molecule has 0 saturated carbocycles. The fourth-order valence-electron chi connectivity index (χ4n) is 2.55. The Balaban J connectivity index is 1.87. The van der Waals surface area contributed by atoms with Crippen LogP contribution in [0, 0.1) is 0 Å². The first kappa shape index (κ1) is 16.5. The van der Waals surface area contributed by atoms with Gasteiger partial charge in [0.2, 0.25) is 5.91 Å². The molecule has 0 bridgehead atoms. The summed E-state index contributed by atoms with van der Waals surface area (Å²) in [5.41, 5.74) is 0.150. The number of carbonyl (C=O) groups is 1. The lowest BCUT2D eigenvalue weighted by atomic mass is 10.0. The first-order chi connectivity index (χ1) is 10.4. The SMILES string of the molecule is C=CC(=O)N1CCC[C@H](NCc2ccc(C(F)(F)F)cc2)C1. The van der Waals surface area contributed by atoms with Crippen molar-refractivity contribution in [1.29, 1.82) is 0 Å². The Hall–Kier alpha value is -1.82. The van der Waals surface area contributed by atoms with E-state index in [1.165, 1.54) is 18.2 Å². The van der Waals surface area contributed by atoms with Gasteiger partial charge in [-0.05, 0) is 36.6 Å². The highest BCUT2D eigenvalue weighted by Crippen LogP contribution is 2.29. The second-order valence-corrected chi connectivity index (χ2v) is 5.40. The molecule has 2 rings (SSSR count). The van der Waals surface area contributed by atoms with Crippen LogP contribution in [-0.4, -0.2) is 29.9 Å². The second-order valence-electron chi connectivity index (χ2n) is 5.40. The maximum absolute atomic E-state index is 12.5. The molecule has 1 N–H and O–H groups in total. The zero-order valence-electron chi connectivity index (χ0n) is 12.2. The van der Waals surface area contributed by atoms with Gasteiger partial charge in [0.25, 0.3) is 0 Å². The topological polar surface area (TPSA) is 32.3 Å². The number of benzene rings is 1. The summed E-state index contributed by atoms with van der Waals surface area (Å²) in [4.78, 5) is 13.3. The van der Waals surface area contributed by atoms with Gasteiger partial charge in [0, 0.05) is 25.7 Å². The molecule has 1 aromatic rings. The molecule has 0 aromatic heterocycles. The van der Waals surface area contributed by atoms with Gasteiger partial charge < -0.3 is 10.2 Å². The molecule has 1 amide bonds. The number of alkyl halides is 3. The Morgan fingerprint density at radius 3 is 2.64 bits per heavy atom. The highest BCUT2D eigenvalue weighted by Gasteiger charge is 2.30. The van der Waals surface area contributed by atoms with Crippen molar-refractivity contribution < 1.29 is 18.0 Å². The van der Waals surface area contributed by atoms with Crippen LogP contribution >= 0.6 is 0 Å². The van der Waals surface area contributed by atoms with Crippen LogP contribution in [0.15, 0.2) is 36.9 Å². The van der Waals surface area contributed by atoms with Crippen molar-refractivity contribution in [2.75, 3.05) is 13.1 Å². The number of rotatable bonds is 4. The van der Waals surface area contributed by atoms with Crippen molar-refractivity contribution in [2.45, 2.75) is 31.6 Å². The van der Waals surface area contributed by atoms with Crippen LogP contribution < -0.4 is 5.32 Å². The molecule has 3 nitrogen and oxygen atoms in total. The highest BCUT2D eigenvalue weighted by molar-refractivity contribution is 5.87. The standard InChI is InChI=1S/C16H19F3N2O/c1-2-15(22)21-9-3-4-14(11-21)20-10-12-5-7-13(8-6-12)16(17,18)19/h2,5-8,14,20H,1,3-4,9-11H2/t14-/m0/s1. The molecule has 1 heterocycles. The van der Waals surface area contributed by atoms with E-state index < -0.39 is 11.7 Å². The number of piperidine rings is 1. The minimum Gasteiger partial charge on any atom is -0.338 e. The van der Waals surface area contributed by atoms with Crippen LogP contribution in [0.4, 0.5) is 13.2 Å². The molecular formula is C16H19F3N2O. The number of likely N-dealkylation sites (tertiary alicyclic amines) is 1. The van der Waals surface area contributed by atoms with Crippen LogP contribution in [0.25, 0.3) is 0 Å². The van der Waals surface area contributed by atoms with E-state index in [1.807, 2.05) is 0 Å². The largest absolute Gasteiger partial charge is 0.416 e. The molecular weight excluding hydrogens is 293 g/mol. The fourth-order valence-corrected chi connectivity index (χ4v) is 2.55. The summed E-state index contributed by atoms with van der Waals surface area (Å²) in [5.74, 6) is -0.0824. The zero-order valence-corrected chi connectivity index (χ0v) is 12.2. The number of nitrogens with one attached hydrogen (secondary N) is 1. The quantitative estimate of drug-likeness (QED) is 0.867. The molecule has 1 aliphatic heterocycles. The summed E-state index contributed by atoms with van der Waals surface area (Å²) in [6.07, 6.45) is -1.15. The molecule has 1 atom stereocenters. The lowest BCUT2D eigenvalue weighted by molar-refractivity contribution is -0.137. The zero-order chi connectivity index (χ0) is 16.2. The van der Waals surface area contributed by atoms with Gasteiger partial charge in [0.15, 0.2) is 0 Å². The fraction of sp³-hybridized carbons (Fsp3) is 0.438. The Bertz CT molecular complexity index is 525. The van der Waals surface area contributed by atoms with Crippen molar-refractivity contribution in [1.82, 2.24) is 10.2 Å². The predicted molar refractivity (Wildman–Crippen MR) is 78.1 cm³/mol. The van der Waals surface area contributed by atoms with E-state index in [1.54, 1.807) is 4.90 Å². The van der Waals surface area contributed by atoms with Crippen molar-refractivity contribution >= 4 is 5.91 Å². The number of halogens is 3. The number of hydrogen-bond acceptors (Lipinski definition) is 2. The summed E-state index contributed by atoms with van der Waals surface area (Å²) < 4.78 is 37.5. The van der Waals surface area contributed by atoms with Crippen LogP contribution in [0.3, 0.4) is 0 Å².